The molecule has 0 unspecified atom stereocenters. The van der Waals surface area contributed by atoms with Crippen molar-refractivity contribution in [2.45, 2.75) is 52.5 Å². The number of hydrogen-bond donors (Lipinski definition) is 2. The molecule has 0 radical (unpaired) electrons. The Morgan fingerprint density at radius 2 is 2.08 bits per heavy atom. The molecule has 1 amide bonds. The van der Waals surface area contributed by atoms with Crippen LogP contribution >= 0.6 is 12.4 Å². The predicted octanol–water partition coefficient (Wildman–Crippen LogP) is 3.60. The van der Waals surface area contributed by atoms with Crippen molar-refractivity contribution >= 4 is 18.3 Å². The fourth-order valence-electron chi connectivity index (χ4n) is 2.94. The van der Waals surface area contributed by atoms with Crippen LogP contribution in [0, 0.1) is 12.8 Å². The molecule has 1 aliphatic heterocycles. The van der Waals surface area contributed by atoms with Gasteiger partial charge in [0.15, 0.2) is 0 Å². The second kappa shape index (κ2) is 11.3. The molecule has 0 atom stereocenters. The average Bonchev–Trinajstić information content (AvgIpc) is 2.58. The molecule has 136 valence electrons. The lowest BCUT2D eigenvalue weighted by Crippen LogP contribution is -2.29. The maximum atomic E-state index is 12.1. The zero-order valence-corrected chi connectivity index (χ0v) is 15.7. The first-order valence-corrected chi connectivity index (χ1v) is 8.88. The third-order valence-electron chi connectivity index (χ3n) is 4.40. The minimum atomic E-state index is 0. The minimum Gasteiger partial charge on any atom is -0.493 e. The highest BCUT2D eigenvalue weighted by Gasteiger charge is 2.14. The monoisotopic (exact) mass is 354 g/mol. The molecule has 4 nitrogen and oxygen atoms in total. The number of nitrogens with one attached hydrogen (secondary N) is 2. The van der Waals surface area contributed by atoms with E-state index < -0.39 is 0 Å². The predicted molar refractivity (Wildman–Crippen MR) is 101 cm³/mol. The Labute approximate surface area is 152 Å². The molecular weight excluding hydrogens is 324 g/mol. The number of hydrogen-bond acceptors (Lipinski definition) is 3. The van der Waals surface area contributed by atoms with Gasteiger partial charge in [-0.1, -0.05) is 19.1 Å². The summed E-state index contributed by atoms with van der Waals surface area (Å²) in [7, 11) is 0. The molecule has 1 aromatic carbocycles. The molecule has 0 aliphatic carbocycles. The van der Waals surface area contributed by atoms with Gasteiger partial charge in [-0.05, 0) is 63.2 Å². The summed E-state index contributed by atoms with van der Waals surface area (Å²) in [4.78, 5) is 12.1. The molecular formula is C19H31ClN2O2. The SMILES string of the molecule is CCCOc1cc(C)ccc1CNC(=O)CCC1CCNCC1.Cl. The van der Waals surface area contributed by atoms with E-state index >= 15 is 0 Å². The van der Waals surface area contributed by atoms with Crippen LogP contribution in [0.15, 0.2) is 18.2 Å². The summed E-state index contributed by atoms with van der Waals surface area (Å²) in [5.41, 5.74) is 2.23. The molecule has 0 bridgehead atoms. The standard InChI is InChI=1S/C19H30N2O2.ClH/c1-3-12-23-18-13-15(2)4-6-17(18)14-21-19(22)7-5-16-8-10-20-11-9-16;/h4,6,13,16,20H,3,5,7-12,14H2,1-2H3,(H,21,22);1H. The smallest absolute Gasteiger partial charge is 0.220 e. The highest BCUT2D eigenvalue weighted by Crippen LogP contribution is 2.21. The van der Waals surface area contributed by atoms with E-state index in [9.17, 15) is 4.79 Å². The van der Waals surface area contributed by atoms with Gasteiger partial charge in [-0.2, -0.15) is 0 Å². The number of benzene rings is 1. The van der Waals surface area contributed by atoms with E-state index in [0.717, 1.165) is 37.2 Å². The number of carbonyl (C=O) groups is 1. The van der Waals surface area contributed by atoms with Crippen molar-refractivity contribution in [2.24, 2.45) is 5.92 Å². The first kappa shape index (κ1) is 20.8. The minimum absolute atomic E-state index is 0. The van der Waals surface area contributed by atoms with E-state index in [4.69, 9.17) is 4.74 Å². The Morgan fingerprint density at radius 1 is 1.33 bits per heavy atom. The normalized spacial score (nSPS) is 14.8. The van der Waals surface area contributed by atoms with Crippen LogP contribution in [0.4, 0.5) is 0 Å². The third-order valence-corrected chi connectivity index (χ3v) is 4.40. The molecule has 1 aliphatic rings. The lowest BCUT2D eigenvalue weighted by Gasteiger charge is -2.22. The van der Waals surface area contributed by atoms with Crippen molar-refractivity contribution < 1.29 is 9.53 Å². The second-order valence-electron chi connectivity index (χ2n) is 6.47. The quantitative estimate of drug-likeness (QED) is 0.749. The van der Waals surface area contributed by atoms with Crippen LogP contribution in [0.5, 0.6) is 5.75 Å². The van der Waals surface area contributed by atoms with Gasteiger partial charge in [-0.3, -0.25) is 4.79 Å². The maximum absolute atomic E-state index is 12.1. The summed E-state index contributed by atoms with van der Waals surface area (Å²) >= 11 is 0. The van der Waals surface area contributed by atoms with E-state index in [1.165, 1.54) is 18.4 Å². The number of carbonyl (C=O) groups excluding carboxylic acids is 1. The lowest BCUT2D eigenvalue weighted by atomic mass is 9.93. The van der Waals surface area contributed by atoms with E-state index in [-0.39, 0.29) is 18.3 Å². The van der Waals surface area contributed by atoms with Gasteiger partial charge in [0.05, 0.1) is 6.61 Å². The second-order valence-corrected chi connectivity index (χ2v) is 6.47. The topological polar surface area (TPSA) is 50.4 Å². The van der Waals surface area contributed by atoms with Crippen LogP contribution < -0.4 is 15.4 Å². The number of rotatable bonds is 8. The summed E-state index contributed by atoms with van der Waals surface area (Å²) < 4.78 is 5.80. The lowest BCUT2D eigenvalue weighted by molar-refractivity contribution is -0.121. The molecule has 2 rings (SSSR count). The van der Waals surface area contributed by atoms with E-state index in [1.54, 1.807) is 0 Å². The zero-order chi connectivity index (χ0) is 16.5. The molecule has 1 aromatic rings. The Kier molecular flexibility index (Phi) is 9.80. The van der Waals surface area contributed by atoms with Crippen molar-refractivity contribution in [2.75, 3.05) is 19.7 Å². The first-order chi connectivity index (χ1) is 11.2. The van der Waals surface area contributed by atoms with Crippen molar-refractivity contribution in [3.63, 3.8) is 0 Å². The number of aryl methyl sites for hydroxylation is 1. The Bertz CT molecular complexity index is 502. The van der Waals surface area contributed by atoms with Gasteiger partial charge in [0, 0.05) is 18.5 Å². The van der Waals surface area contributed by atoms with Crippen LogP contribution in [0.2, 0.25) is 0 Å². The van der Waals surface area contributed by atoms with Crippen molar-refractivity contribution in [1.29, 1.82) is 0 Å². The van der Waals surface area contributed by atoms with Crippen molar-refractivity contribution in [1.82, 2.24) is 10.6 Å². The third kappa shape index (κ3) is 7.10. The molecule has 0 aromatic heterocycles. The van der Waals surface area contributed by atoms with Gasteiger partial charge in [-0.15, -0.1) is 12.4 Å². The Balaban J connectivity index is 0.00000288. The summed E-state index contributed by atoms with van der Waals surface area (Å²) in [6.07, 6.45) is 5.00. The van der Waals surface area contributed by atoms with Crippen LogP contribution in [0.1, 0.15) is 50.2 Å². The van der Waals surface area contributed by atoms with Crippen LogP contribution in [-0.4, -0.2) is 25.6 Å². The number of halogens is 1. The van der Waals surface area contributed by atoms with E-state index in [2.05, 4.69) is 30.5 Å². The molecule has 24 heavy (non-hydrogen) atoms. The van der Waals surface area contributed by atoms with Gasteiger partial charge >= 0.3 is 0 Å². The Morgan fingerprint density at radius 3 is 2.79 bits per heavy atom. The van der Waals surface area contributed by atoms with Crippen LogP contribution in [-0.2, 0) is 11.3 Å². The van der Waals surface area contributed by atoms with Crippen LogP contribution in [0.25, 0.3) is 0 Å². The van der Waals surface area contributed by atoms with Gasteiger partial charge in [0.1, 0.15) is 5.75 Å². The van der Waals surface area contributed by atoms with Gasteiger partial charge in [0.25, 0.3) is 0 Å². The van der Waals surface area contributed by atoms with E-state index in [0.29, 0.717) is 25.5 Å². The number of ether oxygens (including phenoxy) is 1. The van der Waals surface area contributed by atoms with Gasteiger partial charge in [-0.25, -0.2) is 0 Å². The number of amides is 1. The molecule has 1 fully saturated rings. The molecule has 1 heterocycles. The summed E-state index contributed by atoms with van der Waals surface area (Å²) in [5.74, 6) is 1.74. The average molecular weight is 355 g/mol. The fourth-order valence-corrected chi connectivity index (χ4v) is 2.94. The highest BCUT2D eigenvalue weighted by molar-refractivity contribution is 5.85. The fraction of sp³-hybridized carbons (Fsp3) is 0.632. The van der Waals surface area contributed by atoms with Gasteiger partial charge < -0.3 is 15.4 Å². The van der Waals surface area contributed by atoms with E-state index in [1.807, 2.05) is 12.1 Å². The molecule has 0 spiro atoms. The summed E-state index contributed by atoms with van der Waals surface area (Å²) in [6, 6.07) is 6.16. The summed E-state index contributed by atoms with van der Waals surface area (Å²) in [6.45, 7) is 7.59. The van der Waals surface area contributed by atoms with Crippen molar-refractivity contribution in [3.8, 4) is 5.75 Å². The molecule has 1 saturated heterocycles. The zero-order valence-electron chi connectivity index (χ0n) is 14.9. The summed E-state index contributed by atoms with van der Waals surface area (Å²) in [5, 5.41) is 6.40. The van der Waals surface area contributed by atoms with Gasteiger partial charge in [0.2, 0.25) is 5.91 Å². The largest absolute Gasteiger partial charge is 0.493 e. The number of piperidine rings is 1. The Hall–Kier alpha value is -1.26. The van der Waals surface area contributed by atoms with Crippen LogP contribution in [0.3, 0.4) is 0 Å². The molecule has 5 heteroatoms. The van der Waals surface area contributed by atoms with Crippen molar-refractivity contribution in [3.05, 3.63) is 29.3 Å². The first-order valence-electron chi connectivity index (χ1n) is 8.88. The molecule has 2 N–H and O–H groups in total. The maximum Gasteiger partial charge on any atom is 0.220 e. The molecule has 0 saturated carbocycles. The highest BCUT2D eigenvalue weighted by atomic mass is 35.5.